The summed E-state index contributed by atoms with van der Waals surface area (Å²) in [4.78, 5) is 0. The van der Waals surface area contributed by atoms with Crippen LogP contribution in [0.1, 0.15) is 257 Å². The third-order valence-corrected chi connectivity index (χ3v) is 21.9. The molecule has 2 aromatic rings. The minimum atomic E-state index is -11.2. The first-order valence-corrected chi connectivity index (χ1v) is 31.9. The topological polar surface area (TPSA) is 0 Å². The van der Waals surface area contributed by atoms with Crippen LogP contribution in [0.15, 0.2) is 21.8 Å². The molecule has 0 unspecified atom stereocenters. The molecule has 0 saturated heterocycles. The molecule has 0 aromatic heterocycles. The Morgan fingerprint density at radius 1 is 0.355 bits per heavy atom. The first kappa shape index (κ1) is 38.6. The Kier molecular flexibility index (Phi) is 7.43. The molecule has 0 amide bonds. The summed E-state index contributed by atoms with van der Waals surface area (Å²) in [7, 11) is 0. The van der Waals surface area contributed by atoms with Crippen LogP contribution in [-0.2, 0) is 5.41 Å². The average molecular weight is 980 g/mol. The van der Waals surface area contributed by atoms with E-state index in [1.54, 1.807) is 5.57 Å². The second kappa shape index (κ2) is 11.9. The van der Waals surface area contributed by atoms with Gasteiger partial charge in [0.2, 0.25) is 0 Å². The molecule has 62 heavy (non-hydrogen) atoms. The number of hydrogen-bond acceptors (Lipinski definition) is 0. The molecule has 22 rings (SSSR count). The molecule has 0 atom stereocenters. The Bertz CT molecular complexity index is 2340. The van der Waals surface area contributed by atoms with Crippen LogP contribution in [0.2, 0.25) is 0 Å². The number of hydrogen-bond donors (Lipinski definition) is 0. The van der Waals surface area contributed by atoms with E-state index in [-0.39, 0.29) is 5.41 Å². The predicted octanol–water partition coefficient (Wildman–Crippen LogP) is 17.1. The van der Waals surface area contributed by atoms with Gasteiger partial charge in [-0.05, 0) is 269 Å². The molecule has 330 valence electrons. The summed E-state index contributed by atoms with van der Waals surface area (Å²) in [6, 6.07) is 0. The van der Waals surface area contributed by atoms with E-state index in [0.29, 0.717) is 5.92 Å². The van der Waals surface area contributed by atoms with Crippen molar-refractivity contribution in [2.75, 3.05) is 0 Å². The van der Waals surface area contributed by atoms with Gasteiger partial charge in [-0.1, -0.05) is 0 Å². The Balaban J connectivity index is 0.000000480. The van der Waals surface area contributed by atoms with E-state index < -0.39 is 19.5 Å². The van der Waals surface area contributed by atoms with Crippen molar-refractivity contribution >= 4 is 31.1 Å². The zero-order valence-corrected chi connectivity index (χ0v) is 39.3. The van der Waals surface area contributed by atoms with Crippen LogP contribution in [-0.4, -0.2) is 19.5 Å². The summed E-state index contributed by atoms with van der Waals surface area (Å²) in [6.07, 6.45) is 34.8. The van der Waals surface area contributed by atoms with E-state index in [4.69, 9.17) is 11.6 Å². The van der Waals surface area contributed by atoms with Gasteiger partial charge in [-0.2, -0.15) is 0 Å². The van der Waals surface area contributed by atoms with Crippen molar-refractivity contribution in [3.8, 4) is 11.1 Å². The van der Waals surface area contributed by atoms with Gasteiger partial charge in [0.25, 0.3) is 0 Å². The Hall–Kier alpha value is -1.52. The molecule has 20 aliphatic carbocycles. The van der Waals surface area contributed by atoms with Crippen LogP contribution in [0, 0.1) is 29.6 Å². The van der Waals surface area contributed by atoms with Gasteiger partial charge in [0.05, 0.1) is 22.6 Å². The SMILES string of the molecule is ClC1=C2[C+](C3=C(C4CCC3CC4)C13c1c(c4c(c5c1C1CCC5CC1)C1CCC4CC1)-c1c4c(c5c(c13)C1CCC5CC1)C1CCC4CC1)C1CCC2CC1.[F][Sb-]([F])([F])([F])([F])[F]. The summed E-state index contributed by atoms with van der Waals surface area (Å²) in [5.41, 5.74) is 29.2. The van der Waals surface area contributed by atoms with Crippen LogP contribution in [0.5, 0.6) is 0 Å². The molecule has 0 heterocycles. The zero-order valence-electron chi connectivity index (χ0n) is 36.0. The fourth-order valence-corrected chi connectivity index (χ4v) is 20.3. The number of fused-ring (bicyclic) bond motifs is 17. The molecule has 0 radical (unpaired) electrons. The van der Waals surface area contributed by atoms with E-state index in [2.05, 4.69) is 0 Å². The van der Waals surface area contributed by atoms with Gasteiger partial charge in [-0.3, -0.25) is 0 Å². The van der Waals surface area contributed by atoms with E-state index in [9.17, 15) is 16.9 Å². The van der Waals surface area contributed by atoms with Gasteiger partial charge in [-0.15, -0.1) is 0 Å². The van der Waals surface area contributed by atoms with Crippen molar-refractivity contribution in [2.24, 2.45) is 23.7 Å². The maximum atomic E-state index is 9.93. The first-order valence-electron chi connectivity index (χ1n) is 25.7. The van der Waals surface area contributed by atoms with Gasteiger partial charge in [0, 0.05) is 34.8 Å². The molecule has 2 aromatic carbocycles. The van der Waals surface area contributed by atoms with Crippen LogP contribution in [0.3, 0.4) is 0 Å². The van der Waals surface area contributed by atoms with Gasteiger partial charge in [0.15, 0.2) is 5.41 Å². The Labute approximate surface area is 370 Å². The van der Waals surface area contributed by atoms with Crippen LogP contribution in [0.25, 0.3) is 11.1 Å². The fraction of sp³-hybridized carbons (Fsp3) is 0.685. The number of allylic oxidation sites excluding steroid dienone is 4. The van der Waals surface area contributed by atoms with E-state index in [1.807, 2.05) is 83.8 Å². The van der Waals surface area contributed by atoms with Crippen molar-refractivity contribution < 1.29 is 16.9 Å². The van der Waals surface area contributed by atoms with Gasteiger partial charge in [-0.25, -0.2) is 0 Å². The summed E-state index contributed by atoms with van der Waals surface area (Å²) in [5.74, 6) is 11.3. The second-order valence-corrected chi connectivity index (χ2v) is 29.6. The van der Waals surface area contributed by atoms with E-state index >= 15 is 0 Å². The second-order valence-electron chi connectivity index (χ2n) is 23.8. The van der Waals surface area contributed by atoms with Crippen molar-refractivity contribution in [3.05, 3.63) is 83.3 Å². The normalized spacial score (nSPS) is 42.3. The molecule has 12 bridgehead atoms. The van der Waals surface area contributed by atoms with Crippen LogP contribution in [0.4, 0.5) is 16.9 Å². The molecule has 8 fully saturated rings. The molecule has 0 aliphatic heterocycles. The summed E-state index contributed by atoms with van der Waals surface area (Å²) < 4.78 is 59.6. The molecular weight excluding hydrogens is 920 g/mol. The quantitative estimate of drug-likeness (QED) is 0.140. The Morgan fingerprint density at radius 2 is 0.629 bits per heavy atom. The summed E-state index contributed by atoms with van der Waals surface area (Å²) in [6.45, 7) is 0. The molecule has 20 aliphatic rings. The molecule has 1 spiro atoms. The van der Waals surface area contributed by atoms with E-state index in [1.165, 1.54) is 159 Å². The van der Waals surface area contributed by atoms with Crippen LogP contribution < -0.4 is 0 Å². The minimum absolute atomic E-state index is 0.178. The summed E-state index contributed by atoms with van der Waals surface area (Å²) >= 11 is -2.25. The standard InChI is InChI=1S/C54H60Cl.6FH.Sb/c55-53-47-35-19-13-31(14-20-35)43(47)44-32-21-23-36(24-22-32)50(44)54(53)51-45-33-15-9-27(10-16-33)39(45)37-25-1-5-29(6-2-25)41(37)48(51)49-42-30-7-3-26(4-8-30)38(42)40-28-11-17-34(18-12-28)46(40)52(49)54;;;;;;;/h25-36H,1-24H2;6*1H;/q+1;;;;;;;+5/p-6. The van der Waals surface area contributed by atoms with Gasteiger partial charge >= 0.3 is 36.4 Å². The van der Waals surface area contributed by atoms with Crippen LogP contribution >= 0.6 is 11.6 Å². The van der Waals surface area contributed by atoms with Gasteiger partial charge in [0.1, 0.15) is 5.03 Å². The van der Waals surface area contributed by atoms with Crippen molar-refractivity contribution in [2.45, 2.75) is 207 Å². The number of rotatable bonds is 0. The van der Waals surface area contributed by atoms with Crippen molar-refractivity contribution in [1.29, 1.82) is 0 Å². The van der Waals surface area contributed by atoms with Crippen molar-refractivity contribution in [1.82, 2.24) is 0 Å². The first-order chi connectivity index (χ1) is 29.6. The summed E-state index contributed by atoms with van der Waals surface area (Å²) in [5, 5.41) is 1.44. The monoisotopic (exact) mass is 978 g/mol. The van der Waals surface area contributed by atoms with E-state index in [0.717, 1.165) is 65.1 Å². The maximum absolute atomic E-state index is 11.2. The third kappa shape index (κ3) is 4.90. The van der Waals surface area contributed by atoms with Gasteiger partial charge < -0.3 is 0 Å². The zero-order chi connectivity index (χ0) is 41.6. The molecule has 8 heteroatoms. The molecule has 0 N–H and O–H groups in total. The number of benzene rings is 2. The van der Waals surface area contributed by atoms with Crippen molar-refractivity contribution in [3.63, 3.8) is 0 Å². The molecule has 8 saturated carbocycles. The average Bonchev–Trinajstić information content (AvgIpc) is 3.61. The Morgan fingerprint density at radius 3 is 1.02 bits per heavy atom. The molecule has 0 nitrogen and oxygen atoms in total. The third-order valence-electron chi connectivity index (χ3n) is 21.4. The fourth-order valence-electron chi connectivity index (χ4n) is 19.8. The molecular formula is C54H60ClF6Sb. The number of halogens is 7. The predicted molar refractivity (Wildman–Crippen MR) is 235 cm³/mol.